The molecule has 4 nitrogen and oxygen atoms in total. The fourth-order valence-corrected chi connectivity index (χ4v) is 2.42. The van der Waals surface area contributed by atoms with Crippen molar-refractivity contribution in [3.05, 3.63) is 0 Å². The Morgan fingerprint density at radius 2 is 1.89 bits per heavy atom. The average Bonchev–Trinajstić information content (AvgIpc) is 3.20. The number of carbonyl (C=O) groups is 1. The smallest absolute Gasteiger partial charge is 0.234 e. The lowest BCUT2D eigenvalue weighted by molar-refractivity contribution is -0.120. The van der Waals surface area contributed by atoms with Gasteiger partial charge in [-0.2, -0.15) is 0 Å². The van der Waals surface area contributed by atoms with Crippen molar-refractivity contribution in [1.29, 1.82) is 0 Å². The van der Waals surface area contributed by atoms with Gasteiger partial charge in [-0.15, -0.1) is 0 Å². The van der Waals surface area contributed by atoms with Gasteiger partial charge in [-0.05, 0) is 38.1 Å². The van der Waals surface area contributed by atoms with E-state index in [1.54, 1.807) is 0 Å². The molecule has 0 heterocycles. The van der Waals surface area contributed by atoms with Gasteiger partial charge in [-0.3, -0.25) is 4.79 Å². The highest BCUT2D eigenvalue weighted by Crippen LogP contribution is 2.27. The van der Waals surface area contributed by atoms with Crippen LogP contribution in [0, 0.1) is 5.92 Å². The molecule has 104 valence electrons. The first kappa shape index (κ1) is 13.8. The zero-order valence-corrected chi connectivity index (χ0v) is 11.2. The van der Waals surface area contributed by atoms with Crippen molar-refractivity contribution < 1.29 is 9.53 Å². The SMILES string of the molecule is O=C(CNCC1CC1)NCCOC1CCCCC1. The van der Waals surface area contributed by atoms with Crippen LogP contribution in [0.5, 0.6) is 0 Å². The van der Waals surface area contributed by atoms with Gasteiger partial charge in [0.2, 0.25) is 5.91 Å². The fraction of sp³-hybridized carbons (Fsp3) is 0.929. The minimum Gasteiger partial charge on any atom is -0.376 e. The van der Waals surface area contributed by atoms with Crippen molar-refractivity contribution in [1.82, 2.24) is 10.6 Å². The molecule has 4 heteroatoms. The van der Waals surface area contributed by atoms with Gasteiger partial charge < -0.3 is 15.4 Å². The van der Waals surface area contributed by atoms with Gasteiger partial charge in [0, 0.05) is 6.54 Å². The quantitative estimate of drug-likeness (QED) is 0.645. The van der Waals surface area contributed by atoms with Crippen LogP contribution in [0.25, 0.3) is 0 Å². The number of nitrogens with one attached hydrogen (secondary N) is 2. The molecule has 0 aromatic carbocycles. The zero-order valence-electron chi connectivity index (χ0n) is 11.2. The van der Waals surface area contributed by atoms with E-state index >= 15 is 0 Å². The second-order valence-corrected chi connectivity index (χ2v) is 5.56. The predicted molar refractivity (Wildman–Crippen MR) is 71.4 cm³/mol. The lowest BCUT2D eigenvalue weighted by Crippen LogP contribution is -2.36. The summed E-state index contributed by atoms with van der Waals surface area (Å²) >= 11 is 0. The van der Waals surface area contributed by atoms with E-state index in [1.807, 2.05) is 0 Å². The Kier molecular flexibility index (Phi) is 5.94. The van der Waals surface area contributed by atoms with Crippen LogP contribution < -0.4 is 10.6 Å². The molecule has 2 N–H and O–H groups in total. The summed E-state index contributed by atoms with van der Waals surface area (Å²) in [5.41, 5.74) is 0. The molecule has 0 radical (unpaired) electrons. The van der Waals surface area contributed by atoms with Gasteiger partial charge in [-0.25, -0.2) is 0 Å². The van der Waals surface area contributed by atoms with Crippen molar-refractivity contribution in [3.63, 3.8) is 0 Å². The molecule has 0 unspecified atom stereocenters. The van der Waals surface area contributed by atoms with E-state index in [1.165, 1.54) is 44.9 Å². The van der Waals surface area contributed by atoms with Gasteiger partial charge in [-0.1, -0.05) is 19.3 Å². The third-order valence-electron chi connectivity index (χ3n) is 3.75. The third kappa shape index (κ3) is 5.83. The van der Waals surface area contributed by atoms with Crippen LogP contribution in [-0.4, -0.2) is 38.3 Å². The Balaban J connectivity index is 1.40. The highest BCUT2D eigenvalue weighted by atomic mass is 16.5. The number of hydrogen-bond acceptors (Lipinski definition) is 3. The molecule has 0 bridgehead atoms. The normalized spacial score (nSPS) is 20.9. The Labute approximate surface area is 110 Å². The molecular weight excluding hydrogens is 228 g/mol. The van der Waals surface area contributed by atoms with Crippen molar-refractivity contribution in [2.75, 3.05) is 26.2 Å². The maximum atomic E-state index is 11.5. The van der Waals surface area contributed by atoms with Crippen molar-refractivity contribution in [3.8, 4) is 0 Å². The van der Waals surface area contributed by atoms with Crippen molar-refractivity contribution in [2.24, 2.45) is 5.92 Å². The lowest BCUT2D eigenvalue weighted by atomic mass is 9.98. The molecule has 1 amide bonds. The van der Waals surface area contributed by atoms with E-state index in [2.05, 4.69) is 10.6 Å². The topological polar surface area (TPSA) is 50.4 Å². The number of amides is 1. The molecular formula is C14H26N2O2. The molecule has 0 atom stereocenters. The summed E-state index contributed by atoms with van der Waals surface area (Å²) in [6, 6.07) is 0. The van der Waals surface area contributed by atoms with Crippen molar-refractivity contribution >= 4 is 5.91 Å². The molecule has 18 heavy (non-hydrogen) atoms. The average molecular weight is 254 g/mol. The van der Waals surface area contributed by atoms with E-state index in [4.69, 9.17) is 4.74 Å². The first-order valence-corrected chi connectivity index (χ1v) is 7.43. The van der Waals surface area contributed by atoms with E-state index in [9.17, 15) is 4.79 Å². The molecule has 0 spiro atoms. The second kappa shape index (κ2) is 7.74. The molecule has 0 aromatic heterocycles. The molecule has 2 aliphatic rings. The Hall–Kier alpha value is -0.610. The summed E-state index contributed by atoms with van der Waals surface area (Å²) in [5.74, 6) is 0.912. The van der Waals surface area contributed by atoms with Gasteiger partial charge >= 0.3 is 0 Å². The van der Waals surface area contributed by atoms with E-state index in [0.717, 1.165) is 12.5 Å². The van der Waals surface area contributed by atoms with Crippen LogP contribution in [0.4, 0.5) is 0 Å². The fourth-order valence-electron chi connectivity index (χ4n) is 2.42. The minimum atomic E-state index is 0.0860. The highest BCUT2D eigenvalue weighted by molar-refractivity contribution is 5.77. The third-order valence-corrected chi connectivity index (χ3v) is 3.75. The number of rotatable bonds is 8. The second-order valence-electron chi connectivity index (χ2n) is 5.56. The van der Waals surface area contributed by atoms with Gasteiger partial charge in [0.15, 0.2) is 0 Å². The molecule has 0 aliphatic heterocycles. The van der Waals surface area contributed by atoms with Gasteiger partial charge in [0.1, 0.15) is 0 Å². The Bertz CT molecular complexity index is 248. The Morgan fingerprint density at radius 3 is 2.61 bits per heavy atom. The van der Waals surface area contributed by atoms with Crippen LogP contribution in [0.3, 0.4) is 0 Å². The van der Waals surface area contributed by atoms with Crippen LogP contribution in [-0.2, 0) is 9.53 Å². The molecule has 0 aromatic rings. The summed E-state index contributed by atoms with van der Waals surface area (Å²) < 4.78 is 5.75. The summed E-state index contributed by atoms with van der Waals surface area (Å²) in [6.07, 6.45) is 9.40. The maximum absolute atomic E-state index is 11.5. The predicted octanol–water partition coefficient (Wildman–Crippen LogP) is 1.45. The van der Waals surface area contributed by atoms with Gasteiger partial charge in [0.25, 0.3) is 0 Å². The molecule has 2 rings (SSSR count). The summed E-state index contributed by atoms with van der Waals surface area (Å²) in [4.78, 5) is 11.5. The van der Waals surface area contributed by atoms with Crippen molar-refractivity contribution in [2.45, 2.75) is 51.0 Å². The number of ether oxygens (including phenoxy) is 1. The standard InChI is InChI=1S/C14H26N2O2/c17-14(11-15-10-12-6-7-12)16-8-9-18-13-4-2-1-3-5-13/h12-13,15H,1-11H2,(H,16,17). The first-order valence-electron chi connectivity index (χ1n) is 7.43. The minimum absolute atomic E-state index is 0.0860. The van der Waals surface area contributed by atoms with Crippen LogP contribution in [0.1, 0.15) is 44.9 Å². The lowest BCUT2D eigenvalue weighted by Gasteiger charge is -2.22. The first-order chi connectivity index (χ1) is 8.84. The molecule has 0 saturated heterocycles. The van der Waals surface area contributed by atoms with E-state index in [-0.39, 0.29) is 5.91 Å². The largest absolute Gasteiger partial charge is 0.376 e. The summed E-state index contributed by atoms with van der Waals surface area (Å²) in [5, 5.41) is 6.07. The maximum Gasteiger partial charge on any atom is 0.234 e. The molecule has 2 aliphatic carbocycles. The van der Waals surface area contributed by atoms with Crippen LogP contribution in [0.15, 0.2) is 0 Å². The number of carbonyl (C=O) groups excluding carboxylic acids is 1. The van der Waals surface area contributed by atoms with Crippen LogP contribution in [0.2, 0.25) is 0 Å². The highest BCUT2D eigenvalue weighted by Gasteiger charge is 2.20. The van der Waals surface area contributed by atoms with E-state index in [0.29, 0.717) is 25.8 Å². The molecule has 2 saturated carbocycles. The summed E-state index contributed by atoms with van der Waals surface area (Å²) in [7, 11) is 0. The summed E-state index contributed by atoms with van der Waals surface area (Å²) in [6.45, 7) is 2.73. The Morgan fingerprint density at radius 1 is 1.11 bits per heavy atom. The van der Waals surface area contributed by atoms with Crippen LogP contribution >= 0.6 is 0 Å². The van der Waals surface area contributed by atoms with Gasteiger partial charge in [0.05, 0.1) is 19.3 Å². The van der Waals surface area contributed by atoms with E-state index < -0.39 is 0 Å². The zero-order chi connectivity index (χ0) is 12.6. The monoisotopic (exact) mass is 254 g/mol. The molecule has 2 fully saturated rings. The number of hydrogen-bond donors (Lipinski definition) is 2.